The van der Waals surface area contributed by atoms with Crippen molar-refractivity contribution in [3.05, 3.63) is 35.9 Å². The highest BCUT2D eigenvalue weighted by Crippen LogP contribution is 2.43. The van der Waals surface area contributed by atoms with Gasteiger partial charge in [-0.05, 0) is 31.2 Å². The highest BCUT2D eigenvalue weighted by Gasteiger charge is 2.38. The monoisotopic (exact) mass is 413 g/mol. The smallest absolute Gasteiger partial charge is 0.191 e. The molecule has 22 heavy (non-hydrogen) atoms. The minimum Gasteiger partial charge on any atom is -0.356 e. The van der Waals surface area contributed by atoms with Crippen molar-refractivity contribution >= 4 is 29.9 Å². The van der Waals surface area contributed by atoms with E-state index in [2.05, 4.69) is 46.0 Å². The summed E-state index contributed by atoms with van der Waals surface area (Å²) in [5, 5.41) is 7.15. The number of hydrogen-bond donors (Lipinski definition) is 2. The molecule has 0 unspecified atom stereocenters. The van der Waals surface area contributed by atoms with Gasteiger partial charge in [-0.2, -0.15) is 0 Å². The molecular formula is C18H28IN3. The quantitative estimate of drug-likeness (QED) is 0.447. The Morgan fingerprint density at radius 2 is 1.82 bits per heavy atom. The van der Waals surface area contributed by atoms with Crippen LogP contribution in [0.3, 0.4) is 0 Å². The maximum Gasteiger partial charge on any atom is 0.191 e. The van der Waals surface area contributed by atoms with Crippen molar-refractivity contribution in [2.75, 3.05) is 13.6 Å². The molecule has 0 heterocycles. The van der Waals surface area contributed by atoms with Crippen LogP contribution in [0.2, 0.25) is 0 Å². The number of benzene rings is 1. The van der Waals surface area contributed by atoms with Gasteiger partial charge in [-0.1, -0.05) is 49.6 Å². The summed E-state index contributed by atoms with van der Waals surface area (Å²) in [7, 11) is 1.88. The number of hydrogen-bond acceptors (Lipinski definition) is 1. The third-order valence-corrected chi connectivity index (χ3v) is 5.21. The van der Waals surface area contributed by atoms with Crippen molar-refractivity contribution in [3.8, 4) is 0 Å². The molecule has 2 saturated carbocycles. The fourth-order valence-corrected chi connectivity index (χ4v) is 3.67. The standard InChI is InChI=1S/C18H27N3.HI/c1-19-17(21-16-10-5-6-11-16)20-14-18(12-7-13-18)15-8-3-2-4-9-15;/h2-4,8-9,16H,5-7,10-14H2,1H3,(H2,19,20,21);1H. The molecule has 2 N–H and O–H groups in total. The Morgan fingerprint density at radius 1 is 1.14 bits per heavy atom. The lowest BCUT2D eigenvalue weighted by Gasteiger charge is -2.43. The van der Waals surface area contributed by atoms with Crippen LogP contribution >= 0.6 is 24.0 Å². The predicted octanol–water partition coefficient (Wildman–Crippen LogP) is 3.83. The maximum absolute atomic E-state index is 4.40. The molecule has 1 aromatic carbocycles. The highest BCUT2D eigenvalue weighted by molar-refractivity contribution is 14.0. The van der Waals surface area contributed by atoms with Crippen LogP contribution in [-0.2, 0) is 5.41 Å². The molecule has 1 aromatic rings. The zero-order valence-electron chi connectivity index (χ0n) is 13.5. The van der Waals surface area contributed by atoms with E-state index < -0.39 is 0 Å². The molecule has 2 aliphatic carbocycles. The summed E-state index contributed by atoms with van der Waals surface area (Å²) in [4.78, 5) is 4.40. The van der Waals surface area contributed by atoms with E-state index in [1.165, 1.54) is 50.5 Å². The fraction of sp³-hybridized carbons (Fsp3) is 0.611. The van der Waals surface area contributed by atoms with Crippen LogP contribution in [0.25, 0.3) is 0 Å². The number of nitrogens with one attached hydrogen (secondary N) is 2. The van der Waals surface area contributed by atoms with Crippen molar-refractivity contribution in [2.24, 2.45) is 4.99 Å². The topological polar surface area (TPSA) is 36.4 Å². The molecular weight excluding hydrogens is 385 g/mol. The molecule has 0 spiro atoms. The van der Waals surface area contributed by atoms with Crippen LogP contribution in [0, 0.1) is 0 Å². The first kappa shape index (κ1) is 17.6. The fourth-order valence-electron chi connectivity index (χ4n) is 3.67. The lowest BCUT2D eigenvalue weighted by Crippen LogP contribution is -2.50. The van der Waals surface area contributed by atoms with Gasteiger partial charge in [-0.3, -0.25) is 4.99 Å². The number of halogens is 1. The van der Waals surface area contributed by atoms with E-state index >= 15 is 0 Å². The summed E-state index contributed by atoms with van der Waals surface area (Å²) in [5.74, 6) is 0.976. The number of rotatable bonds is 4. The Labute approximate surface area is 151 Å². The molecule has 0 radical (unpaired) electrons. The molecule has 3 rings (SSSR count). The van der Waals surface area contributed by atoms with E-state index in [9.17, 15) is 0 Å². The van der Waals surface area contributed by atoms with Gasteiger partial charge in [0.25, 0.3) is 0 Å². The number of nitrogens with zero attached hydrogens (tertiary/aromatic N) is 1. The van der Waals surface area contributed by atoms with Gasteiger partial charge < -0.3 is 10.6 Å². The maximum atomic E-state index is 4.40. The molecule has 3 nitrogen and oxygen atoms in total. The van der Waals surface area contributed by atoms with Crippen LogP contribution in [-0.4, -0.2) is 25.6 Å². The van der Waals surface area contributed by atoms with Crippen LogP contribution in [0.4, 0.5) is 0 Å². The van der Waals surface area contributed by atoms with E-state index in [0.29, 0.717) is 11.5 Å². The first-order chi connectivity index (χ1) is 10.3. The van der Waals surface area contributed by atoms with E-state index in [1.54, 1.807) is 0 Å². The van der Waals surface area contributed by atoms with Gasteiger partial charge >= 0.3 is 0 Å². The van der Waals surface area contributed by atoms with Crippen molar-refractivity contribution in [1.29, 1.82) is 0 Å². The first-order valence-electron chi connectivity index (χ1n) is 8.35. The minimum atomic E-state index is 0. The van der Waals surface area contributed by atoms with Crippen LogP contribution < -0.4 is 10.6 Å². The van der Waals surface area contributed by atoms with Gasteiger partial charge in [0.2, 0.25) is 0 Å². The SMILES string of the molecule is CN=C(NCC1(c2ccccc2)CCC1)NC1CCCC1.I. The minimum absolute atomic E-state index is 0. The molecule has 2 fully saturated rings. The summed E-state index contributed by atoms with van der Waals surface area (Å²) in [6, 6.07) is 11.6. The van der Waals surface area contributed by atoms with E-state index in [4.69, 9.17) is 0 Å². The summed E-state index contributed by atoms with van der Waals surface area (Å²) < 4.78 is 0. The molecule has 0 aliphatic heterocycles. The zero-order chi connectivity index (χ0) is 14.5. The van der Waals surface area contributed by atoms with Gasteiger partial charge in [0.1, 0.15) is 0 Å². The molecule has 0 saturated heterocycles. The Balaban J connectivity index is 0.00000176. The van der Waals surface area contributed by atoms with Gasteiger partial charge in [0.15, 0.2) is 5.96 Å². The van der Waals surface area contributed by atoms with Gasteiger partial charge in [0, 0.05) is 25.0 Å². The Bertz CT molecular complexity index is 476. The van der Waals surface area contributed by atoms with Gasteiger partial charge in [-0.25, -0.2) is 0 Å². The average molecular weight is 413 g/mol. The first-order valence-corrected chi connectivity index (χ1v) is 8.35. The molecule has 122 valence electrons. The van der Waals surface area contributed by atoms with Crippen LogP contribution in [0.5, 0.6) is 0 Å². The molecule has 0 bridgehead atoms. The average Bonchev–Trinajstić information content (AvgIpc) is 2.99. The van der Waals surface area contributed by atoms with Gasteiger partial charge in [0.05, 0.1) is 0 Å². The third kappa shape index (κ3) is 3.94. The predicted molar refractivity (Wildman–Crippen MR) is 104 cm³/mol. The van der Waals surface area contributed by atoms with E-state index in [-0.39, 0.29) is 24.0 Å². The van der Waals surface area contributed by atoms with Crippen molar-refractivity contribution in [1.82, 2.24) is 10.6 Å². The summed E-state index contributed by atoms with van der Waals surface area (Å²) in [5.41, 5.74) is 1.79. The molecule has 0 atom stereocenters. The van der Waals surface area contributed by atoms with Crippen LogP contribution in [0.1, 0.15) is 50.5 Å². The summed E-state index contributed by atoms with van der Waals surface area (Å²) in [6.07, 6.45) is 9.17. The van der Waals surface area contributed by atoms with Gasteiger partial charge in [-0.15, -0.1) is 24.0 Å². The van der Waals surface area contributed by atoms with Crippen LogP contribution in [0.15, 0.2) is 35.3 Å². The number of aliphatic imine (C=N–C) groups is 1. The summed E-state index contributed by atoms with van der Waals surface area (Å²) >= 11 is 0. The second kappa shape index (κ2) is 8.18. The molecule has 0 amide bonds. The van der Waals surface area contributed by atoms with Crippen molar-refractivity contribution in [3.63, 3.8) is 0 Å². The second-order valence-electron chi connectivity index (χ2n) is 6.55. The Hall–Kier alpha value is -0.780. The van der Waals surface area contributed by atoms with Crippen molar-refractivity contribution in [2.45, 2.75) is 56.4 Å². The summed E-state index contributed by atoms with van der Waals surface area (Å²) in [6.45, 7) is 0.989. The zero-order valence-corrected chi connectivity index (χ0v) is 15.8. The highest BCUT2D eigenvalue weighted by atomic mass is 127. The Kier molecular flexibility index (Phi) is 6.53. The molecule has 2 aliphatic rings. The number of guanidine groups is 1. The van der Waals surface area contributed by atoms with E-state index in [1.807, 2.05) is 7.05 Å². The second-order valence-corrected chi connectivity index (χ2v) is 6.55. The largest absolute Gasteiger partial charge is 0.356 e. The van der Waals surface area contributed by atoms with Crippen molar-refractivity contribution < 1.29 is 0 Å². The normalized spacial score (nSPS) is 20.9. The molecule has 0 aromatic heterocycles. The third-order valence-electron chi connectivity index (χ3n) is 5.21. The lowest BCUT2D eigenvalue weighted by atomic mass is 9.64. The van der Waals surface area contributed by atoms with E-state index in [0.717, 1.165) is 12.5 Å². The lowest BCUT2D eigenvalue weighted by molar-refractivity contribution is 0.243. The Morgan fingerprint density at radius 3 is 2.36 bits per heavy atom. The molecule has 4 heteroatoms.